The zero-order valence-corrected chi connectivity index (χ0v) is 19.9. The van der Waals surface area contributed by atoms with Crippen LogP contribution in [0.4, 0.5) is 0 Å². The van der Waals surface area contributed by atoms with Gasteiger partial charge in [0.15, 0.2) is 9.84 Å². The Labute approximate surface area is 195 Å². The van der Waals surface area contributed by atoms with E-state index in [2.05, 4.69) is 24.1 Å². The normalized spacial score (nSPS) is 28.4. The number of carbonyl (C=O) groups is 1. The molecule has 33 heavy (non-hydrogen) atoms. The predicted octanol–water partition coefficient (Wildman–Crippen LogP) is 5.27. The molecule has 174 valence electrons. The number of aromatic nitrogens is 1. The molecule has 5 nitrogen and oxygen atoms in total. The molecule has 0 bridgehead atoms. The number of aryl methyl sites for hydroxylation is 1. The van der Waals surface area contributed by atoms with Crippen LogP contribution in [0.1, 0.15) is 68.1 Å². The summed E-state index contributed by atoms with van der Waals surface area (Å²) in [4.78, 5) is 15.4. The number of rotatable bonds is 6. The van der Waals surface area contributed by atoms with Gasteiger partial charge in [-0.3, -0.25) is 9.78 Å². The van der Waals surface area contributed by atoms with Crippen molar-refractivity contribution in [1.29, 1.82) is 0 Å². The number of nitrogens with zero attached hydrogens (tertiary/aromatic N) is 1. The van der Waals surface area contributed by atoms with E-state index in [0.29, 0.717) is 22.6 Å². The van der Waals surface area contributed by atoms with Gasteiger partial charge in [0.1, 0.15) is 0 Å². The van der Waals surface area contributed by atoms with Gasteiger partial charge in [0.2, 0.25) is 0 Å². The molecule has 2 aromatic rings. The fourth-order valence-corrected chi connectivity index (χ4v) is 8.18. The molecule has 1 saturated carbocycles. The molecular weight excluding hydrogens is 434 g/mol. The molecule has 0 radical (unpaired) electrons. The van der Waals surface area contributed by atoms with E-state index in [-0.39, 0.29) is 24.0 Å². The van der Waals surface area contributed by atoms with Crippen LogP contribution in [-0.4, -0.2) is 30.2 Å². The highest BCUT2D eigenvalue weighted by molar-refractivity contribution is 7.91. The molecule has 3 aliphatic carbocycles. The minimum atomic E-state index is -3.46. The number of hydrogen-bond donors (Lipinski definition) is 1. The SMILES string of the molecule is C[C@]12CCC3c4ccc(S(=O)(=O)CCCC(=O)O)cc4CCC3C1CC=C2c1cccnc1. The van der Waals surface area contributed by atoms with Crippen molar-refractivity contribution in [2.75, 3.05) is 5.75 Å². The first kappa shape index (κ1) is 22.3. The lowest BCUT2D eigenvalue weighted by molar-refractivity contribution is -0.137. The summed E-state index contributed by atoms with van der Waals surface area (Å²) in [6, 6.07) is 9.85. The monoisotopic (exact) mass is 465 g/mol. The second kappa shape index (κ2) is 8.39. The number of pyridine rings is 1. The molecule has 6 heteroatoms. The van der Waals surface area contributed by atoms with Crippen molar-refractivity contribution >= 4 is 21.4 Å². The Hall–Kier alpha value is -2.47. The maximum absolute atomic E-state index is 12.7. The van der Waals surface area contributed by atoms with Crippen LogP contribution >= 0.6 is 0 Å². The first-order chi connectivity index (χ1) is 15.8. The molecule has 1 fully saturated rings. The molecule has 0 spiro atoms. The molecular formula is C27H31NO4S. The minimum absolute atomic E-state index is 0.118. The first-order valence-corrected chi connectivity index (χ1v) is 13.6. The maximum Gasteiger partial charge on any atom is 0.303 e. The topological polar surface area (TPSA) is 84.3 Å². The molecule has 5 rings (SSSR count). The van der Waals surface area contributed by atoms with Gasteiger partial charge in [-0.1, -0.05) is 25.1 Å². The molecule has 1 aromatic carbocycles. The number of carboxylic acids is 1. The summed E-state index contributed by atoms with van der Waals surface area (Å²) in [5.41, 5.74) is 5.36. The third kappa shape index (κ3) is 3.92. The minimum Gasteiger partial charge on any atom is -0.481 e. The van der Waals surface area contributed by atoms with Gasteiger partial charge in [0.25, 0.3) is 0 Å². The Bertz CT molecular complexity index is 1200. The van der Waals surface area contributed by atoms with Crippen LogP contribution in [-0.2, 0) is 21.1 Å². The van der Waals surface area contributed by atoms with E-state index in [9.17, 15) is 13.2 Å². The fourth-order valence-electron chi connectivity index (χ4n) is 6.82. The molecule has 1 N–H and O–H groups in total. The van der Waals surface area contributed by atoms with E-state index in [1.54, 1.807) is 6.07 Å². The van der Waals surface area contributed by atoms with Crippen LogP contribution in [0.25, 0.3) is 5.57 Å². The highest BCUT2D eigenvalue weighted by atomic mass is 32.2. The second-order valence-electron chi connectivity index (χ2n) is 10.1. The second-order valence-corrected chi connectivity index (χ2v) is 12.3. The Morgan fingerprint density at radius 2 is 2.09 bits per heavy atom. The smallest absolute Gasteiger partial charge is 0.303 e. The summed E-state index contributed by atoms with van der Waals surface area (Å²) in [6.45, 7) is 2.43. The third-order valence-electron chi connectivity index (χ3n) is 8.41. The zero-order valence-electron chi connectivity index (χ0n) is 19.0. The van der Waals surface area contributed by atoms with Crippen LogP contribution in [0.2, 0.25) is 0 Å². The van der Waals surface area contributed by atoms with Gasteiger partial charge in [0.05, 0.1) is 10.6 Å². The van der Waals surface area contributed by atoms with E-state index in [1.807, 2.05) is 30.6 Å². The Morgan fingerprint density at radius 3 is 2.85 bits per heavy atom. The van der Waals surface area contributed by atoms with Crippen molar-refractivity contribution in [2.24, 2.45) is 17.3 Å². The summed E-state index contributed by atoms with van der Waals surface area (Å²) >= 11 is 0. The molecule has 3 aliphatic rings. The average molecular weight is 466 g/mol. The number of allylic oxidation sites excluding steroid dienone is 2. The van der Waals surface area contributed by atoms with Crippen molar-refractivity contribution in [1.82, 2.24) is 4.98 Å². The summed E-state index contributed by atoms with van der Waals surface area (Å²) < 4.78 is 25.5. The van der Waals surface area contributed by atoms with Gasteiger partial charge in [-0.15, -0.1) is 0 Å². The maximum atomic E-state index is 12.7. The average Bonchev–Trinajstić information content (AvgIpc) is 3.16. The van der Waals surface area contributed by atoms with Crippen molar-refractivity contribution in [3.63, 3.8) is 0 Å². The third-order valence-corrected chi connectivity index (χ3v) is 10.2. The molecule has 0 aliphatic heterocycles. The van der Waals surface area contributed by atoms with Crippen molar-refractivity contribution in [3.05, 3.63) is 65.5 Å². The number of fused-ring (bicyclic) bond motifs is 5. The zero-order chi connectivity index (χ0) is 23.2. The van der Waals surface area contributed by atoms with Crippen molar-refractivity contribution in [3.8, 4) is 0 Å². The Balaban J connectivity index is 1.37. The summed E-state index contributed by atoms with van der Waals surface area (Å²) in [7, 11) is -3.46. The molecule has 0 amide bonds. The number of hydrogen-bond acceptors (Lipinski definition) is 4. The molecule has 1 heterocycles. The van der Waals surface area contributed by atoms with Gasteiger partial charge in [-0.25, -0.2) is 8.42 Å². The van der Waals surface area contributed by atoms with E-state index < -0.39 is 15.8 Å². The van der Waals surface area contributed by atoms with E-state index >= 15 is 0 Å². The Morgan fingerprint density at radius 1 is 1.24 bits per heavy atom. The predicted molar refractivity (Wildman–Crippen MR) is 128 cm³/mol. The summed E-state index contributed by atoms with van der Waals surface area (Å²) in [5.74, 6) is 0.628. The lowest BCUT2D eigenvalue weighted by Gasteiger charge is -2.50. The lowest BCUT2D eigenvalue weighted by Crippen LogP contribution is -2.40. The Kier molecular flexibility index (Phi) is 5.68. The van der Waals surface area contributed by atoms with Gasteiger partial charge >= 0.3 is 5.97 Å². The lowest BCUT2D eigenvalue weighted by atomic mass is 9.54. The largest absolute Gasteiger partial charge is 0.481 e. The standard InChI is InChI=1S/C27H31NO4S/c1-27-13-12-22-21-9-7-20(33(31,32)15-3-5-26(29)30)16-18(21)6-8-23(22)25(27)11-10-24(27)19-4-2-14-28-17-19/h2,4,7,9-10,14,16-17,22-23,25H,3,5-6,8,11-13,15H2,1H3,(H,29,30)/t22?,23?,25?,27-/m1/s1. The van der Waals surface area contributed by atoms with Crippen LogP contribution in [0.15, 0.2) is 53.7 Å². The number of aliphatic carboxylic acids is 1. The molecule has 3 unspecified atom stereocenters. The quantitative estimate of drug-likeness (QED) is 0.628. The van der Waals surface area contributed by atoms with E-state index in [0.717, 1.165) is 37.7 Å². The van der Waals surface area contributed by atoms with Crippen molar-refractivity contribution < 1.29 is 18.3 Å². The van der Waals surface area contributed by atoms with Gasteiger partial charge < -0.3 is 5.11 Å². The van der Waals surface area contributed by atoms with Gasteiger partial charge in [-0.2, -0.15) is 0 Å². The highest BCUT2D eigenvalue weighted by Gasteiger charge is 2.51. The fraction of sp³-hybridized carbons (Fsp3) is 0.481. The molecule has 4 atom stereocenters. The molecule has 0 saturated heterocycles. The highest BCUT2D eigenvalue weighted by Crippen LogP contribution is 2.63. The van der Waals surface area contributed by atoms with Crippen molar-refractivity contribution in [2.45, 2.75) is 62.7 Å². The first-order valence-electron chi connectivity index (χ1n) is 12.0. The number of benzene rings is 1. The van der Waals surface area contributed by atoms with E-state index in [4.69, 9.17) is 5.11 Å². The van der Waals surface area contributed by atoms with E-state index in [1.165, 1.54) is 16.7 Å². The summed E-state index contributed by atoms with van der Waals surface area (Å²) in [6.07, 6.45) is 11.6. The van der Waals surface area contributed by atoms with Crippen LogP contribution in [0.3, 0.4) is 0 Å². The van der Waals surface area contributed by atoms with Crippen LogP contribution < -0.4 is 0 Å². The number of carboxylic acid groups (broad SMARTS) is 1. The van der Waals surface area contributed by atoms with Crippen LogP contribution in [0, 0.1) is 17.3 Å². The summed E-state index contributed by atoms with van der Waals surface area (Å²) in [5, 5.41) is 8.81. The molecule has 1 aromatic heterocycles. The van der Waals surface area contributed by atoms with Gasteiger partial charge in [0, 0.05) is 18.8 Å². The number of sulfone groups is 1. The van der Waals surface area contributed by atoms with Crippen LogP contribution in [0.5, 0.6) is 0 Å². The van der Waals surface area contributed by atoms with Gasteiger partial charge in [-0.05, 0) is 102 Å².